The number of carbonyl (C=O) groups is 1. The van der Waals surface area contributed by atoms with Crippen LogP contribution in [0.15, 0.2) is 59.1 Å². The van der Waals surface area contributed by atoms with Gasteiger partial charge in [0.25, 0.3) is 11.8 Å². The Kier molecular flexibility index (Phi) is 5.23. The summed E-state index contributed by atoms with van der Waals surface area (Å²) in [7, 11) is 0. The molecule has 0 radical (unpaired) electrons. The molecule has 28 heavy (non-hydrogen) atoms. The number of aryl methyl sites for hydroxylation is 1. The minimum absolute atomic E-state index is 0.00764. The molecule has 2 heterocycles. The first-order valence-electron chi connectivity index (χ1n) is 9.30. The normalized spacial score (nSPS) is 14.2. The summed E-state index contributed by atoms with van der Waals surface area (Å²) in [5.74, 6) is 1.61. The van der Waals surface area contributed by atoms with Crippen LogP contribution in [-0.4, -0.2) is 53.7 Å². The highest BCUT2D eigenvalue weighted by Gasteiger charge is 2.21. The highest BCUT2D eigenvalue weighted by atomic mass is 16.5. The number of hydrogen-bond acceptors (Lipinski definition) is 6. The maximum atomic E-state index is 12.5. The van der Waals surface area contributed by atoms with Crippen molar-refractivity contribution in [2.75, 3.05) is 37.7 Å². The average molecular weight is 378 g/mol. The summed E-state index contributed by atoms with van der Waals surface area (Å²) in [6, 6.07) is 17.6. The second-order valence-corrected chi connectivity index (χ2v) is 6.67. The van der Waals surface area contributed by atoms with Crippen molar-refractivity contribution in [2.24, 2.45) is 0 Å². The molecule has 0 saturated carbocycles. The van der Waals surface area contributed by atoms with Crippen LogP contribution in [0.3, 0.4) is 0 Å². The number of aromatic nitrogens is 2. The highest BCUT2D eigenvalue weighted by Crippen LogP contribution is 2.22. The van der Waals surface area contributed by atoms with Gasteiger partial charge in [0.15, 0.2) is 12.4 Å². The van der Waals surface area contributed by atoms with Crippen LogP contribution < -0.4 is 9.64 Å². The summed E-state index contributed by atoms with van der Waals surface area (Å²) in [6.45, 7) is 4.81. The molecular weight excluding hydrogens is 356 g/mol. The van der Waals surface area contributed by atoms with Gasteiger partial charge < -0.3 is 19.1 Å². The number of carbonyl (C=O) groups excluding carboxylic acids is 1. The highest BCUT2D eigenvalue weighted by molar-refractivity contribution is 5.78. The summed E-state index contributed by atoms with van der Waals surface area (Å²) in [5.41, 5.74) is 1.96. The van der Waals surface area contributed by atoms with Gasteiger partial charge >= 0.3 is 0 Å². The Balaban J connectivity index is 1.30. The van der Waals surface area contributed by atoms with E-state index in [0.29, 0.717) is 30.6 Å². The van der Waals surface area contributed by atoms with E-state index >= 15 is 0 Å². The van der Waals surface area contributed by atoms with Crippen LogP contribution in [0.2, 0.25) is 0 Å². The molecule has 0 unspecified atom stereocenters. The van der Waals surface area contributed by atoms with Crippen LogP contribution in [0.25, 0.3) is 11.5 Å². The first-order valence-corrected chi connectivity index (χ1v) is 9.30. The summed E-state index contributed by atoms with van der Waals surface area (Å²) in [6.07, 6.45) is 0. The average Bonchev–Trinajstić information content (AvgIpc) is 3.19. The number of anilines is 1. The zero-order valence-electron chi connectivity index (χ0n) is 15.7. The molecule has 0 atom stereocenters. The Morgan fingerprint density at radius 1 is 1.07 bits per heavy atom. The van der Waals surface area contributed by atoms with Gasteiger partial charge in [-0.15, -0.1) is 0 Å². The standard InChI is InChI=1S/C21H22N4O3/c1-16-22-21(28-23-16)17-6-5-9-19(14-17)27-15-20(26)25-12-10-24(11-13-25)18-7-3-2-4-8-18/h2-9,14H,10-13,15H2,1H3. The van der Waals surface area contributed by atoms with Crippen molar-refractivity contribution < 1.29 is 14.1 Å². The Morgan fingerprint density at radius 2 is 1.86 bits per heavy atom. The van der Waals surface area contributed by atoms with Gasteiger partial charge in [0.1, 0.15) is 5.75 Å². The topological polar surface area (TPSA) is 71.7 Å². The van der Waals surface area contributed by atoms with Gasteiger partial charge in [0.05, 0.1) is 0 Å². The molecule has 1 amide bonds. The number of nitrogens with zero attached hydrogens (tertiary/aromatic N) is 4. The maximum Gasteiger partial charge on any atom is 0.260 e. The van der Waals surface area contributed by atoms with Crippen LogP contribution in [0.4, 0.5) is 5.69 Å². The van der Waals surface area contributed by atoms with Crippen molar-refractivity contribution in [2.45, 2.75) is 6.92 Å². The van der Waals surface area contributed by atoms with Gasteiger partial charge in [-0.3, -0.25) is 4.79 Å². The van der Waals surface area contributed by atoms with Gasteiger partial charge in [-0.25, -0.2) is 0 Å². The second-order valence-electron chi connectivity index (χ2n) is 6.67. The lowest BCUT2D eigenvalue weighted by Gasteiger charge is -2.36. The molecule has 1 aliphatic heterocycles. The summed E-state index contributed by atoms with van der Waals surface area (Å²) in [4.78, 5) is 20.9. The van der Waals surface area contributed by atoms with E-state index < -0.39 is 0 Å². The fraction of sp³-hybridized carbons (Fsp3) is 0.286. The summed E-state index contributed by atoms with van der Waals surface area (Å²) in [5, 5.41) is 3.79. The Labute approximate surface area is 163 Å². The van der Waals surface area contributed by atoms with Crippen molar-refractivity contribution in [3.63, 3.8) is 0 Å². The van der Waals surface area contributed by atoms with Gasteiger partial charge in [-0.2, -0.15) is 4.98 Å². The number of rotatable bonds is 5. The van der Waals surface area contributed by atoms with Crippen molar-refractivity contribution in [1.82, 2.24) is 15.0 Å². The molecule has 1 saturated heterocycles. The van der Waals surface area contributed by atoms with Crippen molar-refractivity contribution in [3.8, 4) is 17.2 Å². The molecule has 1 aliphatic rings. The fourth-order valence-corrected chi connectivity index (χ4v) is 3.22. The third kappa shape index (κ3) is 4.14. The third-order valence-corrected chi connectivity index (χ3v) is 4.72. The molecular formula is C21H22N4O3. The van der Waals surface area contributed by atoms with E-state index in [4.69, 9.17) is 9.26 Å². The monoisotopic (exact) mass is 378 g/mol. The van der Waals surface area contributed by atoms with E-state index in [1.54, 1.807) is 13.0 Å². The van der Waals surface area contributed by atoms with Crippen molar-refractivity contribution >= 4 is 11.6 Å². The van der Waals surface area contributed by atoms with E-state index in [-0.39, 0.29) is 12.5 Å². The van der Waals surface area contributed by atoms with Gasteiger partial charge in [0.2, 0.25) is 0 Å². The Morgan fingerprint density at radius 3 is 2.57 bits per heavy atom. The SMILES string of the molecule is Cc1noc(-c2cccc(OCC(=O)N3CCN(c4ccccc4)CC3)c2)n1. The first kappa shape index (κ1) is 18.0. The van der Waals surface area contributed by atoms with Crippen LogP contribution in [0.5, 0.6) is 5.75 Å². The van der Waals surface area contributed by atoms with E-state index in [1.807, 2.05) is 41.3 Å². The number of hydrogen-bond donors (Lipinski definition) is 0. The third-order valence-electron chi connectivity index (χ3n) is 4.72. The van der Waals surface area contributed by atoms with E-state index in [2.05, 4.69) is 27.2 Å². The number of para-hydroxylation sites is 1. The quantitative estimate of drug-likeness (QED) is 0.680. The maximum absolute atomic E-state index is 12.5. The molecule has 0 N–H and O–H groups in total. The summed E-state index contributed by atoms with van der Waals surface area (Å²) >= 11 is 0. The molecule has 1 aromatic heterocycles. The number of amides is 1. The lowest BCUT2D eigenvalue weighted by Crippen LogP contribution is -2.50. The van der Waals surface area contributed by atoms with E-state index in [9.17, 15) is 4.79 Å². The minimum atomic E-state index is -0.00764. The van der Waals surface area contributed by atoms with Gasteiger partial charge in [-0.1, -0.05) is 29.4 Å². The smallest absolute Gasteiger partial charge is 0.260 e. The number of ether oxygens (including phenoxy) is 1. The lowest BCUT2D eigenvalue weighted by atomic mass is 10.2. The molecule has 0 bridgehead atoms. The zero-order chi connectivity index (χ0) is 19.3. The van der Waals surface area contributed by atoms with Crippen LogP contribution >= 0.6 is 0 Å². The zero-order valence-corrected chi connectivity index (χ0v) is 15.7. The Bertz CT molecular complexity index is 934. The predicted octanol–water partition coefficient (Wildman–Crippen LogP) is 2.77. The van der Waals surface area contributed by atoms with Gasteiger partial charge in [0, 0.05) is 37.4 Å². The first-order chi connectivity index (χ1) is 13.7. The molecule has 3 aromatic rings. The summed E-state index contributed by atoms with van der Waals surface area (Å²) < 4.78 is 10.9. The molecule has 1 fully saturated rings. The van der Waals surface area contributed by atoms with E-state index in [1.165, 1.54) is 5.69 Å². The molecule has 7 nitrogen and oxygen atoms in total. The van der Waals surface area contributed by atoms with Crippen molar-refractivity contribution in [3.05, 3.63) is 60.4 Å². The van der Waals surface area contributed by atoms with E-state index in [0.717, 1.165) is 18.7 Å². The number of benzene rings is 2. The largest absolute Gasteiger partial charge is 0.484 e. The molecule has 0 spiro atoms. The Hall–Kier alpha value is -3.35. The fourth-order valence-electron chi connectivity index (χ4n) is 3.22. The second kappa shape index (κ2) is 8.12. The molecule has 7 heteroatoms. The molecule has 2 aromatic carbocycles. The molecule has 144 valence electrons. The van der Waals surface area contributed by atoms with Crippen LogP contribution in [0, 0.1) is 6.92 Å². The molecule has 4 rings (SSSR count). The van der Waals surface area contributed by atoms with Crippen molar-refractivity contribution in [1.29, 1.82) is 0 Å². The predicted molar refractivity (Wildman–Crippen MR) is 105 cm³/mol. The van der Waals surface area contributed by atoms with Crippen LogP contribution in [0.1, 0.15) is 5.82 Å². The number of piperazine rings is 1. The van der Waals surface area contributed by atoms with Gasteiger partial charge in [-0.05, 0) is 37.3 Å². The van der Waals surface area contributed by atoms with Crippen LogP contribution in [-0.2, 0) is 4.79 Å². The minimum Gasteiger partial charge on any atom is -0.484 e. The lowest BCUT2D eigenvalue weighted by molar-refractivity contribution is -0.133. The molecule has 0 aliphatic carbocycles.